The van der Waals surface area contributed by atoms with Gasteiger partial charge in [-0.15, -0.1) is 0 Å². The molecule has 2 N–H and O–H groups in total. The third-order valence-corrected chi connectivity index (χ3v) is 4.73. The Kier molecular flexibility index (Phi) is 6.20. The Balaban J connectivity index is 2.63. The molecule has 0 radical (unpaired) electrons. The zero-order valence-electron chi connectivity index (χ0n) is 13.0. The highest BCUT2D eigenvalue weighted by Gasteiger charge is 2.22. The summed E-state index contributed by atoms with van der Waals surface area (Å²) in [7, 11) is -3.55. The molecule has 1 aromatic carbocycles. The van der Waals surface area contributed by atoms with E-state index in [0.717, 1.165) is 12.0 Å². The number of carbonyl (C=O) groups excluding carboxylic acids is 1. The minimum atomic E-state index is -3.55. The number of amides is 1. The maximum absolute atomic E-state index is 12.1. The molecule has 0 bridgehead atoms. The zero-order valence-corrected chi connectivity index (χ0v) is 13.8. The molecule has 5 nitrogen and oxygen atoms in total. The lowest BCUT2D eigenvalue weighted by Gasteiger charge is -2.17. The third kappa shape index (κ3) is 6.16. The maximum Gasteiger partial charge on any atom is 0.233 e. The summed E-state index contributed by atoms with van der Waals surface area (Å²) in [6, 6.07) is 7.12. The summed E-state index contributed by atoms with van der Waals surface area (Å²) in [6.07, 6.45) is 0.812. The van der Waals surface area contributed by atoms with Crippen molar-refractivity contribution >= 4 is 21.6 Å². The third-order valence-electron chi connectivity index (χ3n) is 3.24. The number of sulfonamides is 1. The summed E-state index contributed by atoms with van der Waals surface area (Å²) in [6.45, 7) is 7.40. The van der Waals surface area contributed by atoms with Crippen molar-refractivity contribution in [2.45, 2.75) is 40.2 Å². The minimum absolute atomic E-state index is 0.0488. The van der Waals surface area contributed by atoms with Gasteiger partial charge in [-0.1, -0.05) is 31.5 Å². The lowest BCUT2D eigenvalue weighted by atomic mass is 10.2. The van der Waals surface area contributed by atoms with Gasteiger partial charge in [-0.05, 0) is 32.4 Å². The first-order chi connectivity index (χ1) is 9.73. The molecule has 0 aliphatic rings. The molecule has 1 amide bonds. The van der Waals surface area contributed by atoms with Crippen LogP contribution in [0.4, 0.5) is 5.69 Å². The monoisotopic (exact) mass is 312 g/mol. The van der Waals surface area contributed by atoms with Crippen molar-refractivity contribution < 1.29 is 13.2 Å². The van der Waals surface area contributed by atoms with Gasteiger partial charge in [-0.25, -0.2) is 8.42 Å². The first kappa shape index (κ1) is 17.5. The van der Waals surface area contributed by atoms with Gasteiger partial charge in [0, 0.05) is 11.7 Å². The standard InChI is InChI=1S/C15H24N2O3S/c1-5-13(4)16-15(18)12(3)10-21(19,20)17-14-8-6-11(2)7-9-14/h6-9,12-13,17H,5,10H2,1-4H3,(H,16,18). The van der Waals surface area contributed by atoms with E-state index in [9.17, 15) is 13.2 Å². The molecule has 21 heavy (non-hydrogen) atoms. The first-order valence-electron chi connectivity index (χ1n) is 7.11. The van der Waals surface area contributed by atoms with Crippen LogP contribution in [-0.4, -0.2) is 26.1 Å². The molecule has 0 fully saturated rings. The number of carbonyl (C=O) groups is 1. The van der Waals surface area contributed by atoms with Gasteiger partial charge in [0.1, 0.15) is 0 Å². The molecule has 0 aliphatic carbocycles. The van der Waals surface area contributed by atoms with Crippen LogP contribution in [-0.2, 0) is 14.8 Å². The predicted molar refractivity (Wildman–Crippen MR) is 85.6 cm³/mol. The Morgan fingerprint density at radius 2 is 1.76 bits per heavy atom. The van der Waals surface area contributed by atoms with Crippen molar-refractivity contribution in [3.8, 4) is 0 Å². The molecule has 0 saturated carbocycles. The van der Waals surface area contributed by atoms with Crippen molar-refractivity contribution in [2.75, 3.05) is 10.5 Å². The van der Waals surface area contributed by atoms with Gasteiger partial charge in [0.15, 0.2) is 0 Å². The largest absolute Gasteiger partial charge is 0.353 e. The predicted octanol–water partition coefficient (Wildman–Crippen LogP) is 2.29. The van der Waals surface area contributed by atoms with Crippen LogP contribution in [0, 0.1) is 12.8 Å². The lowest BCUT2D eigenvalue weighted by molar-refractivity contribution is -0.124. The van der Waals surface area contributed by atoms with E-state index in [1.165, 1.54) is 0 Å². The molecule has 2 atom stereocenters. The summed E-state index contributed by atoms with van der Waals surface area (Å²) < 4.78 is 26.6. The van der Waals surface area contributed by atoms with E-state index in [-0.39, 0.29) is 17.7 Å². The molecule has 0 aromatic heterocycles. The topological polar surface area (TPSA) is 75.3 Å². The lowest BCUT2D eigenvalue weighted by Crippen LogP contribution is -2.39. The zero-order chi connectivity index (χ0) is 16.0. The van der Waals surface area contributed by atoms with Gasteiger partial charge in [-0.2, -0.15) is 0 Å². The van der Waals surface area contributed by atoms with Crippen LogP contribution in [0.5, 0.6) is 0 Å². The summed E-state index contributed by atoms with van der Waals surface area (Å²) in [5.74, 6) is -1.07. The van der Waals surface area contributed by atoms with E-state index in [4.69, 9.17) is 0 Å². The number of nitrogens with one attached hydrogen (secondary N) is 2. The van der Waals surface area contributed by atoms with Gasteiger partial charge in [0.2, 0.25) is 15.9 Å². The summed E-state index contributed by atoms with van der Waals surface area (Å²) >= 11 is 0. The molecular formula is C15H24N2O3S. The maximum atomic E-state index is 12.1. The molecule has 1 rings (SSSR count). The van der Waals surface area contributed by atoms with Crippen molar-refractivity contribution in [1.82, 2.24) is 5.32 Å². The number of rotatable bonds is 7. The number of anilines is 1. The molecule has 0 heterocycles. The van der Waals surface area contributed by atoms with Crippen LogP contribution in [0.1, 0.15) is 32.8 Å². The average Bonchev–Trinajstić information content (AvgIpc) is 2.40. The quantitative estimate of drug-likeness (QED) is 0.811. The van der Waals surface area contributed by atoms with Gasteiger partial charge in [-0.3, -0.25) is 9.52 Å². The molecular weight excluding hydrogens is 288 g/mol. The highest BCUT2D eigenvalue weighted by Crippen LogP contribution is 2.12. The minimum Gasteiger partial charge on any atom is -0.353 e. The van der Waals surface area contributed by atoms with Crippen molar-refractivity contribution in [1.29, 1.82) is 0 Å². The second-order valence-electron chi connectivity index (χ2n) is 5.47. The Morgan fingerprint density at radius 3 is 2.29 bits per heavy atom. The summed E-state index contributed by atoms with van der Waals surface area (Å²) in [5.41, 5.74) is 1.56. The van der Waals surface area contributed by atoms with Crippen molar-refractivity contribution in [3.05, 3.63) is 29.8 Å². The van der Waals surface area contributed by atoms with Crippen LogP contribution < -0.4 is 10.0 Å². The van der Waals surface area contributed by atoms with E-state index >= 15 is 0 Å². The Hall–Kier alpha value is -1.56. The highest BCUT2D eigenvalue weighted by atomic mass is 32.2. The molecule has 0 aliphatic heterocycles. The smallest absolute Gasteiger partial charge is 0.233 e. The summed E-state index contributed by atoms with van der Waals surface area (Å²) in [5, 5.41) is 2.79. The highest BCUT2D eigenvalue weighted by molar-refractivity contribution is 7.92. The van der Waals surface area contributed by atoms with Gasteiger partial charge >= 0.3 is 0 Å². The van der Waals surface area contributed by atoms with Gasteiger partial charge in [0.25, 0.3) is 0 Å². The average molecular weight is 312 g/mol. The Labute approximate surface area is 127 Å². The molecule has 2 unspecified atom stereocenters. The van der Waals surface area contributed by atoms with E-state index in [1.54, 1.807) is 19.1 Å². The summed E-state index contributed by atoms with van der Waals surface area (Å²) in [4.78, 5) is 11.9. The molecule has 6 heteroatoms. The Morgan fingerprint density at radius 1 is 1.19 bits per heavy atom. The number of benzene rings is 1. The van der Waals surface area contributed by atoms with E-state index in [1.807, 2.05) is 32.9 Å². The fourth-order valence-corrected chi connectivity index (χ4v) is 3.12. The number of aryl methyl sites for hydroxylation is 1. The van der Waals surface area contributed by atoms with E-state index in [0.29, 0.717) is 5.69 Å². The van der Waals surface area contributed by atoms with Crippen LogP contribution >= 0.6 is 0 Å². The van der Waals surface area contributed by atoms with Crippen LogP contribution in [0.3, 0.4) is 0 Å². The van der Waals surface area contributed by atoms with E-state index in [2.05, 4.69) is 10.0 Å². The van der Waals surface area contributed by atoms with Gasteiger partial charge in [0.05, 0.1) is 11.7 Å². The van der Waals surface area contributed by atoms with Gasteiger partial charge < -0.3 is 5.32 Å². The number of hydrogen-bond acceptors (Lipinski definition) is 3. The molecule has 118 valence electrons. The molecule has 0 spiro atoms. The molecule has 1 aromatic rings. The second-order valence-corrected chi connectivity index (χ2v) is 7.24. The molecule has 0 saturated heterocycles. The normalized spacial score (nSPS) is 14.3. The van der Waals surface area contributed by atoms with Crippen molar-refractivity contribution in [3.63, 3.8) is 0 Å². The van der Waals surface area contributed by atoms with Crippen LogP contribution in [0.15, 0.2) is 24.3 Å². The Bertz CT molecular complexity index is 567. The van der Waals surface area contributed by atoms with Crippen molar-refractivity contribution in [2.24, 2.45) is 5.92 Å². The van der Waals surface area contributed by atoms with Crippen LogP contribution in [0.25, 0.3) is 0 Å². The second kappa shape index (κ2) is 7.45. The fraction of sp³-hybridized carbons (Fsp3) is 0.533. The fourth-order valence-electron chi connectivity index (χ4n) is 1.73. The first-order valence-corrected chi connectivity index (χ1v) is 8.76. The number of hydrogen-bond donors (Lipinski definition) is 2. The SMILES string of the molecule is CCC(C)NC(=O)C(C)CS(=O)(=O)Nc1ccc(C)cc1. The van der Waals surface area contributed by atoms with Crippen LogP contribution in [0.2, 0.25) is 0 Å². The van der Waals surface area contributed by atoms with E-state index < -0.39 is 15.9 Å².